The molecule has 0 saturated heterocycles. The van der Waals surface area contributed by atoms with Gasteiger partial charge in [-0.2, -0.15) is 13.2 Å². The molecule has 0 aliphatic carbocycles. The molecule has 0 amide bonds. The summed E-state index contributed by atoms with van der Waals surface area (Å²) in [7, 11) is 0. The van der Waals surface area contributed by atoms with Crippen LogP contribution >= 0.6 is 0 Å². The first-order valence-electron chi connectivity index (χ1n) is 21.8. The van der Waals surface area contributed by atoms with Gasteiger partial charge in [0, 0.05) is 24.1 Å². The van der Waals surface area contributed by atoms with Gasteiger partial charge >= 0.3 is 6.18 Å². The molecule has 6 aromatic carbocycles. The number of hydrogen-bond donors (Lipinski definition) is 0. The van der Waals surface area contributed by atoms with E-state index in [1.807, 2.05) is 0 Å². The van der Waals surface area contributed by atoms with Crippen molar-refractivity contribution in [1.29, 1.82) is 0 Å². The maximum Gasteiger partial charge on any atom is 0.417 e. The normalized spacial score (nSPS) is 13.4. The summed E-state index contributed by atoms with van der Waals surface area (Å²) in [5.41, 5.74) is 32.0. The predicted octanol–water partition coefficient (Wildman–Crippen LogP) is 16.4. The second-order valence-corrected chi connectivity index (χ2v) is 18.5. The highest BCUT2D eigenvalue weighted by molar-refractivity contribution is 5.99. The fourth-order valence-corrected chi connectivity index (χ4v) is 10.9. The fourth-order valence-electron chi connectivity index (χ4n) is 10.9. The van der Waals surface area contributed by atoms with E-state index < -0.39 is 11.7 Å². The van der Waals surface area contributed by atoms with Gasteiger partial charge in [-0.1, -0.05) is 18.2 Å². The van der Waals surface area contributed by atoms with E-state index in [0.717, 1.165) is 63.7 Å². The van der Waals surface area contributed by atoms with E-state index in [0.29, 0.717) is 5.56 Å². The summed E-state index contributed by atoms with van der Waals surface area (Å²) in [6.07, 6.45) is -3.00. The molecule has 0 fully saturated rings. The van der Waals surface area contributed by atoms with Crippen molar-refractivity contribution in [1.82, 2.24) is 0 Å². The molecule has 0 bridgehead atoms. The number of benzene rings is 6. The van der Waals surface area contributed by atoms with Gasteiger partial charge in [0.25, 0.3) is 0 Å². The fraction of sp³-hybridized carbons (Fsp3) is 0.357. The number of halogens is 3. The standard InChI is InChI=1S/C56H61F3N2/c1-26-22-51(61-54-41(16)33(8)29(4)37(12)46(54)24-47-38(13)30(5)34(9)42(17)55(47)61)48(43-20-18-19-21-49(43)56(57,58)59)25-50(26)60-52-39(14)31(6)27(2)35(10)44(52)23-45-36(11)28(3)32(7)40(15)53(45)60/h18-22,25H,23-24H2,1-17H3. The molecule has 0 unspecified atom stereocenters. The van der Waals surface area contributed by atoms with E-state index >= 15 is 13.2 Å². The third-order valence-corrected chi connectivity index (χ3v) is 16.0. The van der Waals surface area contributed by atoms with Crippen LogP contribution in [0.5, 0.6) is 0 Å². The number of anilines is 6. The van der Waals surface area contributed by atoms with Gasteiger partial charge in [0.1, 0.15) is 0 Å². The molecule has 6 aromatic rings. The van der Waals surface area contributed by atoms with Crippen LogP contribution in [-0.4, -0.2) is 0 Å². The van der Waals surface area contributed by atoms with Crippen molar-refractivity contribution >= 4 is 34.1 Å². The van der Waals surface area contributed by atoms with Crippen LogP contribution in [0, 0.1) is 118 Å². The van der Waals surface area contributed by atoms with E-state index in [1.165, 1.54) is 112 Å². The molecule has 2 heterocycles. The third kappa shape index (κ3) is 5.96. The average Bonchev–Trinajstić information content (AvgIpc) is 3.23. The topological polar surface area (TPSA) is 6.48 Å². The number of fused-ring (bicyclic) bond motifs is 4. The summed E-state index contributed by atoms with van der Waals surface area (Å²) in [6, 6.07) is 10.5. The van der Waals surface area contributed by atoms with Gasteiger partial charge in [-0.05, 0) is 258 Å². The molecule has 0 saturated carbocycles. The molecule has 0 N–H and O–H groups in total. The molecule has 2 aliphatic rings. The first-order valence-corrected chi connectivity index (χ1v) is 21.8. The van der Waals surface area contributed by atoms with E-state index in [4.69, 9.17) is 0 Å². The van der Waals surface area contributed by atoms with Crippen LogP contribution < -0.4 is 9.80 Å². The van der Waals surface area contributed by atoms with Crippen LogP contribution in [0.4, 0.5) is 47.3 Å². The maximum absolute atomic E-state index is 15.5. The average molecular weight is 819 g/mol. The first-order chi connectivity index (χ1) is 28.5. The molecule has 0 aromatic heterocycles. The van der Waals surface area contributed by atoms with Gasteiger partial charge < -0.3 is 9.80 Å². The monoisotopic (exact) mass is 818 g/mol. The molecule has 61 heavy (non-hydrogen) atoms. The summed E-state index contributed by atoms with van der Waals surface area (Å²) in [6.45, 7) is 37.5. The van der Waals surface area contributed by atoms with Crippen LogP contribution in [0.25, 0.3) is 11.1 Å². The highest BCUT2D eigenvalue weighted by atomic mass is 19.4. The Hall–Kier alpha value is -5.29. The van der Waals surface area contributed by atoms with Gasteiger partial charge in [0.15, 0.2) is 0 Å². The zero-order chi connectivity index (χ0) is 44.6. The molecule has 2 aliphatic heterocycles. The Morgan fingerprint density at radius 3 is 1.02 bits per heavy atom. The second kappa shape index (κ2) is 14.4. The lowest BCUT2D eigenvalue weighted by atomic mass is 9.79. The van der Waals surface area contributed by atoms with Crippen molar-refractivity contribution in [2.24, 2.45) is 0 Å². The Morgan fingerprint density at radius 1 is 0.361 bits per heavy atom. The first kappa shape index (κ1) is 42.4. The molecular weight excluding hydrogens is 758 g/mol. The third-order valence-electron chi connectivity index (χ3n) is 16.0. The lowest BCUT2D eigenvalue weighted by molar-refractivity contribution is -0.137. The number of alkyl halides is 3. The van der Waals surface area contributed by atoms with Crippen molar-refractivity contribution in [3.63, 3.8) is 0 Å². The summed E-state index contributed by atoms with van der Waals surface area (Å²) in [5.74, 6) is 0. The Morgan fingerprint density at radius 2 is 0.672 bits per heavy atom. The van der Waals surface area contributed by atoms with E-state index in [1.54, 1.807) is 12.1 Å². The van der Waals surface area contributed by atoms with Crippen molar-refractivity contribution in [3.05, 3.63) is 159 Å². The zero-order valence-corrected chi connectivity index (χ0v) is 39.4. The van der Waals surface area contributed by atoms with Crippen LogP contribution in [0.2, 0.25) is 0 Å². The van der Waals surface area contributed by atoms with Gasteiger partial charge in [-0.3, -0.25) is 0 Å². The smallest absolute Gasteiger partial charge is 0.309 e. The Balaban J connectivity index is 1.58. The second-order valence-electron chi connectivity index (χ2n) is 18.5. The van der Waals surface area contributed by atoms with Gasteiger partial charge in [-0.15, -0.1) is 0 Å². The molecular formula is C56H61F3N2. The minimum atomic E-state index is -4.58. The Labute approximate surface area is 362 Å². The molecule has 0 radical (unpaired) electrons. The Bertz CT molecular complexity index is 2780. The van der Waals surface area contributed by atoms with Crippen molar-refractivity contribution in [2.45, 2.75) is 137 Å². The highest BCUT2D eigenvalue weighted by Gasteiger charge is 2.39. The number of nitrogens with zero attached hydrogens (tertiary/aromatic N) is 2. The van der Waals surface area contributed by atoms with Gasteiger partial charge in [-0.25, -0.2) is 0 Å². The predicted molar refractivity (Wildman–Crippen MR) is 252 cm³/mol. The van der Waals surface area contributed by atoms with Gasteiger partial charge in [0.05, 0.1) is 34.0 Å². The van der Waals surface area contributed by atoms with E-state index in [2.05, 4.69) is 140 Å². The van der Waals surface area contributed by atoms with Crippen LogP contribution in [-0.2, 0) is 19.0 Å². The van der Waals surface area contributed by atoms with Crippen LogP contribution in [0.15, 0.2) is 36.4 Å². The lowest BCUT2D eigenvalue weighted by Crippen LogP contribution is -2.27. The molecule has 5 heteroatoms. The largest absolute Gasteiger partial charge is 0.417 e. The highest BCUT2D eigenvalue weighted by Crippen LogP contribution is 2.57. The summed E-state index contributed by atoms with van der Waals surface area (Å²) < 4.78 is 46.4. The molecule has 0 spiro atoms. The van der Waals surface area contributed by atoms with Crippen molar-refractivity contribution < 1.29 is 13.2 Å². The number of rotatable bonds is 3. The van der Waals surface area contributed by atoms with Crippen molar-refractivity contribution in [3.8, 4) is 11.1 Å². The molecule has 8 rings (SSSR count). The molecule has 0 atom stereocenters. The molecule has 316 valence electrons. The number of aryl methyl sites for hydroxylation is 1. The quantitative estimate of drug-likeness (QED) is 0.175. The van der Waals surface area contributed by atoms with Crippen LogP contribution in [0.3, 0.4) is 0 Å². The van der Waals surface area contributed by atoms with Crippen molar-refractivity contribution in [2.75, 3.05) is 9.80 Å². The minimum absolute atomic E-state index is 0.176. The zero-order valence-electron chi connectivity index (χ0n) is 39.4. The van der Waals surface area contributed by atoms with E-state index in [9.17, 15) is 0 Å². The van der Waals surface area contributed by atoms with E-state index in [-0.39, 0.29) is 5.56 Å². The lowest BCUT2D eigenvalue weighted by Gasteiger charge is -2.42. The van der Waals surface area contributed by atoms with Crippen LogP contribution in [0.1, 0.15) is 122 Å². The maximum atomic E-state index is 15.5. The Kier molecular flexibility index (Phi) is 10.0. The SMILES string of the molecule is Cc1cc(N2c3c(C)c(C)c(C)c(C)c3Cc3c(C)c(C)c(C)c(C)c32)c(-c2ccccc2C(F)(F)F)cc1N1c2c(C)c(C)c(C)c(C)c2Cc2c(C)c(C)c(C)c(C)c21. The van der Waals surface area contributed by atoms with Gasteiger partial charge in [0.2, 0.25) is 0 Å². The summed E-state index contributed by atoms with van der Waals surface area (Å²) >= 11 is 0. The minimum Gasteiger partial charge on any atom is -0.309 e. The molecule has 2 nitrogen and oxygen atoms in total. The summed E-state index contributed by atoms with van der Waals surface area (Å²) in [5, 5.41) is 0. The summed E-state index contributed by atoms with van der Waals surface area (Å²) in [4.78, 5) is 4.79. The number of hydrogen-bond acceptors (Lipinski definition) is 2.